The van der Waals surface area contributed by atoms with Gasteiger partial charge in [-0.2, -0.15) is 43.5 Å². The van der Waals surface area contributed by atoms with Crippen LogP contribution in [0.2, 0.25) is 0 Å². The third-order valence-electron chi connectivity index (χ3n) is 2.62. The Balaban J connectivity index is 0.000000622. The van der Waals surface area contributed by atoms with Crippen molar-refractivity contribution in [2.24, 2.45) is 0 Å². The van der Waals surface area contributed by atoms with Gasteiger partial charge in [-0.25, -0.2) is 29.1 Å². The van der Waals surface area contributed by atoms with Gasteiger partial charge in [-0.3, -0.25) is 0 Å². The summed E-state index contributed by atoms with van der Waals surface area (Å²) in [6.45, 7) is 1.12. The zero-order chi connectivity index (χ0) is 15.9. The quantitative estimate of drug-likeness (QED) is 0.522. The molecular formula is C15H15F3FeO3. The third-order valence-corrected chi connectivity index (χ3v) is 2.62. The van der Waals surface area contributed by atoms with E-state index >= 15 is 0 Å². The van der Waals surface area contributed by atoms with Crippen LogP contribution < -0.4 is 0 Å². The number of rotatable bonds is 3. The Kier molecular flexibility index (Phi) is 8.16. The summed E-state index contributed by atoms with van der Waals surface area (Å²) in [5, 5.41) is 9.51. The van der Waals surface area contributed by atoms with E-state index in [0.717, 1.165) is 12.1 Å². The fourth-order valence-corrected chi connectivity index (χ4v) is 1.57. The molecule has 0 saturated heterocycles. The predicted molar refractivity (Wildman–Crippen MR) is 70.7 cm³/mol. The minimum absolute atomic E-state index is 0. The van der Waals surface area contributed by atoms with E-state index in [2.05, 4.69) is 4.74 Å². The number of alkyl halides is 3. The van der Waals surface area contributed by atoms with Crippen molar-refractivity contribution in [1.29, 1.82) is 0 Å². The van der Waals surface area contributed by atoms with Crippen molar-refractivity contribution in [3.63, 3.8) is 0 Å². The van der Waals surface area contributed by atoms with Gasteiger partial charge in [0.05, 0.1) is 6.61 Å². The van der Waals surface area contributed by atoms with Crippen LogP contribution in [0.4, 0.5) is 13.2 Å². The number of halogens is 3. The predicted octanol–water partition coefficient (Wildman–Crippen LogP) is 3.12. The monoisotopic (exact) mass is 356 g/mol. The maximum atomic E-state index is 12.7. The first-order chi connectivity index (χ1) is 9.84. The van der Waals surface area contributed by atoms with Crippen molar-refractivity contribution in [3.05, 3.63) is 60.2 Å². The Morgan fingerprint density at radius 1 is 1.18 bits per heavy atom. The van der Waals surface area contributed by atoms with Crippen molar-refractivity contribution in [3.8, 4) is 0 Å². The molecule has 0 aliphatic heterocycles. The molecule has 2 aromatic carbocycles. The zero-order valence-corrected chi connectivity index (χ0v) is 12.8. The van der Waals surface area contributed by atoms with Crippen LogP contribution in [0.15, 0.2) is 54.6 Å². The molecule has 22 heavy (non-hydrogen) atoms. The van der Waals surface area contributed by atoms with Crippen molar-refractivity contribution in [2.45, 2.75) is 18.7 Å². The number of ether oxygens (including phenoxy) is 1. The van der Waals surface area contributed by atoms with E-state index in [1.165, 1.54) is 19.1 Å². The Labute approximate surface area is 136 Å². The Morgan fingerprint density at radius 3 is 2.00 bits per heavy atom. The SMILES string of the molecule is CCOC(=O)C(O)([c-]1cccc1)C(F)(F)F.[Fe+2].c1cc[cH-]c1. The first-order valence-electron chi connectivity index (χ1n) is 6.19. The number of hydrogen-bond acceptors (Lipinski definition) is 3. The van der Waals surface area contributed by atoms with Gasteiger partial charge in [-0.15, -0.1) is 5.56 Å². The van der Waals surface area contributed by atoms with Gasteiger partial charge in [-0.1, -0.05) is 0 Å². The number of carbonyl (C=O) groups is 1. The van der Waals surface area contributed by atoms with Gasteiger partial charge in [0, 0.05) is 0 Å². The first-order valence-corrected chi connectivity index (χ1v) is 6.19. The molecule has 7 heteroatoms. The molecule has 0 bridgehead atoms. The second kappa shape index (κ2) is 8.78. The molecule has 1 atom stereocenters. The van der Waals surface area contributed by atoms with Crippen molar-refractivity contribution in [2.75, 3.05) is 6.61 Å². The molecular weight excluding hydrogens is 341 g/mol. The minimum atomic E-state index is -5.12. The number of aliphatic hydroxyl groups is 1. The molecule has 1 N–H and O–H groups in total. The van der Waals surface area contributed by atoms with Gasteiger partial charge < -0.3 is 9.84 Å². The van der Waals surface area contributed by atoms with Crippen molar-refractivity contribution < 1.29 is 44.9 Å². The van der Waals surface area contributed by atoms with E-state index in [-0.39, 0.29) is 23.7 Å². The maximum absolute atomic E-state index is 12.7. The van der Waals surface area contributed by atoms with Crippen LogP contribution in [-0.4, -0.2) is 23.9 Å². The topological polar surface area (TPSA) is 46.5 Å². The summed E-state index contributed by atoms with van der Waals surface area (Å²) in [7, 11) is 0. The summed E-state index contributed by atoms with van der Waals surface area (Å²) in [4.78, 5) is 11.2. The van der Waals surface area contributed by atoms with Crippen LogP contribution in [0, 0.1) is 0 Å². The summed E-state index contributed by atoms with van der Waals surface area (Å²) in [5.74, 6) is -1.71. The normalized spacial score (nSPS) is 13.1. The van der Waals surface area contributed by atoms with Crippen LogP contribution in [0.25, 0.3) is 0 Å². The molecule has 2 rings (SSSR count). The maximum Gasteiger partial charge on any atom is 2.00 e. The van der Waals surface area contributed by atoms with E-state index < -0.39 is 23.3 Å². The second-order valence-corrected chi connectivity index (χ2v) is 4.06. The fraction of sp³-hybridized carbons (Fsp3) is 0.267. The largest absolute Gasteiger partial charge is 2.00 e. The minimum Gasteiger partial charge on any atom is -0.464 e. The van der Waals surface area contributed by atoms with Gasteiger partial charge in [-0.05, 0) is 6.92 Å². The van der Waals surface area contributed by atoms with Crippen LogP contribution >= 0.6 is 0 Å². The van der Waals surface area contributed by atoms with E-state index in [1.807, 2.05) is 30.3 Å². The van der Waals surface area contributed by atoms with Gasteiger partial charge in [0.1, 0.15) is 0 Å². The Bertz CT molecular complexity index is 504. The van der Waals surface area contributed by atoms with Crippen LogP contribution in [-0.2, 0) is 32.2 Å². The average molecular weight is 356 g/mol. The standard InChI is InChI=1S/C10H10F3O3.C5H5.Fe/c1-2-16-8(14)9(15,10(11,12)13)7-5-3-4-6-7;1-2-4-5-3-1;/h3-6,15H,2H2,1H3;1-5H;/q2*-1;+2. The molecule has 0 saturated carbocycles. The molecule has 0 fully saturated rings. The molecule has 3 nitrogen and oxygen atoms in total. The molecule has 0 aliphatic carbocycles. The Hall–Kier alpha value is -1.56. The molecule has 0 heterocycles. The smallest absolute Gasteiger partial charge is 0.464 e. The van der Waals surface area contributed by atoms with Gasteiger partial charge in [0.25, 0.3) is 0 Å². The molecule has 2 aromatic rings. The molecule has 122 valence electrons. The summed E-state index contributed by atoms with van der Waals surface area (Å²) in [6, 6.07) is 14.6. The molecule has 0 aromatic heterocycles. The van der Waals surface area contributed by atoms with E-state index in [9.17, 15) is 23.1 Å². The second-order valence-electron chi connectivity index (χ2n) is 4.06. The fourth-order valence-electron chi connectivity index (χ4n) is 1.57. The van der Waals surface area contributed by atoms with Crippen LogP contribution in [0.5, 0.6) is 0 Å². The number of esters is 1. The van der Waals surface area contributed by atoms with Gasteiger partial charge in [0.15, 0.2) is 0 Å². The molecule has 0 aliphatic rings. The van der Waals surface area contributed by atoms with Crippen molar-refractivity contribution in [1.82, 2.24) is 0 Å². The van der Waals surface area contributed by atoms with Gasteiger partial charge >= 0.3 is 29.2 Å². The zero-order valence-electron chi connectivity index (χ0n) is 11.7. The van der Waals surface area contributed by atoms with E-state index in [1.54, 1.807) is 0 Å². The molecule has 1 unspecified atom stereocenters. The van der Waals surface area contributed by atoms with Crippen LogP contribution in [0.1, 0.15) is 12.5 Å². The molecule has 0 radical (unpaired) electrons. The first kappa shape index (κ1) is 20.4. The Morgan fingerprint density at radius 2 is 1.68 bits per heavy atom. The summed E-state index contributed by atoms with van der Waals surface area (Å²) < 4.78 is 42.3. The number of carbonyl (C=O) groups excluding carboxylic acids is 1. The van der Waals surface area contributed by atoms with E-state index in [0.29, 0.717) is 0 Å². The number of hydrogen-bond donors (Lipinski definition) is 1. The van der Waals surface area contributed by atoms with Crippen LogP contribution in [0.3, 0.4) is 0 Å². The van der Waals surface area contributed by atoms with Gasteiger partial charge in [0.2, 0.25) is 5.60 Å². The summed E-state index contributed by atoms with van der Waals surface area (Å²) >= 11 is 0. The average Bonchev–Trinajstić information content (AvgIpc) is 3.12. The summed E-state index contributed by atoms with van der Waals surface area (Å²) in [5.41, 5.74) is -4.13. The van der Waals surface area contributed by atoms with E-state index in [4.69, 9.17) is 0 Å². The van der Waals surface area contributed by atoms with Crippen molar-refractivity contribution >= 4 is 5.97 Å². The molecule has 0 amide bonds. The molecule has 0 spiro atoms. The summed E-state index contributed by atoms with van der Waals surface area (Å²) in [6.07, 6.45) is -5.12. The third kappa shape index (κ3) is 4.73.